The summed E-state index contributed by atoms with van der Waals surface area (Å²) in [6.45, 7) is 3.43. The van der Waals surface area contributed by atoms with E-state index in [2.05, 4.69) is 67.8 Å². The fraction of sp³-hybridized carbons (Fsp3) is 0.852. The second-order valence-corrected chi connectivity index (χ2v) is 21.0. The molecule has 72 heavy (non-hydrogen) atoms. The van der Waals surface area contributed by atoms with Crippen LogP contribution in [0.1, 0.15) is 264 Å². The van der Waals surface area contributed by atoms with E-state index in [0.29, 0.717) is 19.3 Å². The molecule has 11 nitrogen and oxygen atoms in total. The van der Waals surface area contributed by atoms with E-state index >= 15 is 0 Å². The number of aliphatic hydroxyl groups excluding tert-OH is 7. The molecule has 11 heteroatoms. The topological polar surface area (TPSA) is 189 Å². The fourth-order valence-electron chi connectivity index (χ4n) is 9.43. The molecule has 1 saturated heterocycles. The average molecular weight is 1020 g/mol. The molecular formula is C61H113NO10. The number of ether oxygens (including phenoxy) is 2. The molecule has 1 heterocycles. The molecule has 1 rings (SSSR count). The monoisotopic (exact) mass is 1020 g/mol. The molecule has 0 radical (unpaired) electrons. The summed E-state index contributed by atoms with van der Waals surface area (Å²) >= 11 is 0. The van der Waals surface area contributed by atoms with E-state index in [-0.39, 0.29) is 12.8 Å². The minimum atomic E-state index is -1.67. The van der Waals surface area contributed by atoms with Crippen LogP contribution in [-0.2, 0) is 14.3 Å². The van der Waals surface area contributed by atoms with Crippen LogP contribution in [0.25, 0.3) is 0 Å². The van der Waals surface area contributed by atoms with Gasteiger partial charge in [-0.15, -0.1) is 0 Å². The molecule has 0 saturated carbocycles. The fourth-order valence-corrected chi connectivity index (χ4v) is 9.43. The van der Waals surface area contributed by atoms with Gasteiger partial charge in [0.1, 0.15) is 36.6 Å². The summed E-state index contributed by atoms with van der Waals surface area (Å²) in [5.41, 5.74) is 0. The van der Waals surface area contributed by atoms with Gasteiger partial charge in [-0.2, -0.15) is 0 Å². The van der Waals surface area contributed by atoms with E-state index in [9.17, 15) is 40.5 Å². The van der Waals surface area contributed by atoms with E-state index in [1.54, 1.807) is 0 Å². The summed E-state index contributed by atoms with van der Waals surface area (Å²) in [6, 6.07) is -1.19. The van der Waals surface area contributed by atoms with E-state index in [0.717, 1.165) is 44.9 Å². The Morgan fingerprint density at radius 1 is 0.486 bits per heavy atom. The molecule has 0 spiro atoms. The summed E-state index contributed by atoms with van der Waals surface area (Å²) in [5.74, 6) is -0.710. The number of amides is 1. The molecular weight excluding hydrogens is 907 g/mol. The number of nitrogens with one attached hydrogen (secondary N) is 1. The highest BCUT2D eigenvalue weighted by molar-refractivity contribution is 5.80. The Kier molecular flexibility index (Phi) is 47.2. The van der Waals surface area contributed by atoms with Crippen molar-refractivity contribution in [3.8, 4) is 0 Å². The standard InChI is InChI=1S/C61H113NO10/c1-3-5-7-9-11-13-15-17-19-20-21-22-23-24-25-26-27-28-29-30-31-32-33-35-37-39-41-43-45-47-49-54(65)60(70)62-52(51-71-61-59(69)58(68)57(67)55(50-63)72-61)56(66)53(64)48-46-44-42-40-38-36-34-18-16-14-12-10-8-6-4-2/h18,21-22,24-25,34,40,42,52-59,61,63-69H,3-17,19-20,23,26-33,35-39,41,43-51H2,1-2H3,(H,62,70)/b22-21-,25-24-,34-18+,42-40+. The zero-order valence-corrected chi connectivity index (χ0v) is 46.2. The van der Waals surface area contributed by atoms with Crippen molar-refractivity contribution in [1.29, 1.82) is 0 Å². The zero-order valence-electron chi connectivity index (χ0n) is 46.2. The second-order valence-electron chi connectivity index (χ2n) is 21.0. The molecule has 0 aromatic carbocycles. The smallest absolute Gasteiger partial charge is 0.249 e. The third kappa shape index (κ3) is 37.7. The molecule has 8 N–H and O–H groups in total. The van der Waals surface area contributed by atoms with Crippen molar-refractivity contribution in [2.24, 2.45) is 0 Å². The van der Waals surface area contributed by atoms with Crippen molar-refractivity contribution in [3.05, 3.63) is 48.6 Å². The van der Waals surface area contributed by atoms with Crippen molar-refractivity contribution in [2.45, 2.75) is 319 Å². The van der Waals surface area contributed by atoms with Crippen LogP contribution in [0.3, 0.4) is 0 Å². The van der Waals surface area contributed by atoms with Crippen molar-refractivity contribution in [3.63, 3.8) is 0 Å². The van der Waals surface area contributed by atoms with Gasteiger partial charge in [-0.1, -0.05) is 229 Å². The number of carbonyl (C=O) groups is 1. The molecule has 1 aliphatic heterocycles. The van der Waals surface area contributed by atoms with Gasteiger partial charge in [-0.05, 0) is 83.5 Å². The molecule has 1 amide bonds. The molecule has 1 fully saturated rings. The number of carbonyl (C=O) groups excluding carboxylic acids is 1. The predicted octanol–water partition coefficient (Wildman–Crippen LogP) is 12.8. The Balaban J connectivity index is 2.25. The lowest BCUT2D eigenvalue weighted by molar-refractivity contribution is -0.303. The Morgan fingerprint density at radius 3 is 1.32 bits per heavy atom. The molecule has 0 bridgehead atoms. The number of aliphatic hydroxyl groups is 7. The summed E-state index contributed by atoms with van der Waals surface area (Å²) in [7, 11) is 0. The molecule has 0 aromatic heterocycles. The highest BCUT2D eigenvalue weighted by atomic mass is 16.7. The first-order valence-electron chi connectivity index (χ1n) is 30.0. The Hall–Kier alpha value is -1.93. The average Bonchev–Trinajstić information content (AvgIpc) is 3.38. The van der Waals surface area contributed by atoms with Gasteiger partial charge in [0.25, 0.3) is 0 Å². The first kappa shape index (κ1) is 68.1. The summed E-state index contributed by atoms with van der Waals surface area (Å²) < 4.78 is 11.1. The lowest BCUT2D eigenvalue weighted by Crippen LogP contribution is -2.60. The van der Waals surface area contributed by atoms with Gasteiger partial charge in [-0.25, -0.2) is 0 Å². The molecule has 422 valence electrons. The van der Waals surface area contributed by atoms with Crippen molar-refractivity contribution >= 4 is 5.91 Å². The highest BCUT2D eigenvalue weighted by Gasteiger charge is 2.44. The summed E-state index contributed by atoms with van der Waals surface area (Å²) in [6.07, 6.45) is 51.8. The summed E-state index contributed by atoms with van der Waals surface area (Å²) in [5, 5.41) is 76.0. The SMILES string of the molecule is CCCCCCCC/C=C/CC/C=C/CCCC(O)C(O)C(COC1OC(CO)C(O)C(O)C1O)NC(=O)C(O)CCCCCCCCCCCCCCCC/C=C\C/C=C\CCCCCCCCCCC. The van der Waals surface area contributed by atoms with Gasteiger partial charge in [0, 0.05) is 0 Å². The maximum Gasteiger partial charge on any atom is 0.249 e. The van der Waals surface area contributed by atoms with Gasteiger partial charge < -0.3 is 50.5 Å². The first-order valence-corrected chi connectivity index (χ1v) is 30.0. The Bertz CT molecular complexity index is 1310. The molecule has 9 unspecified atom stereocenters. The van der Waals surface area contributed by atoms with Crippen LogP contribution >= 0.6 is 0 Å². The lowest BCUT2D eigenvalue weighted by Gasteiger charge is -2.40. The predicted molar refractivity (Wildman–Crippen MR) is 298 cm³/mol. The van der Waals surface area contributed by atoms with E-state index in [1.165, 1.54) is 173 Å². The summed E-state index contributed by atoms with van der Waals surface area (Å²) in [4.78, 5) is 13.2. The molecule has 9 atom stereocenters. The third-order valence-corrected chi connectivity index (χ3v) is 14.3. The van der Waals surface area contributed by atoms with E-state index in [4.69, 9.17) is 9.47 Å². The molecule has 0 aliphatic carbocycles. The van der Waals surface area contributed by atoms with Gasteiger partial charge in [0.05, 0.1) is 25.4 Å². The zero-order chi connectivity index (χ0) is 52.5. The van der Waals surface area contributed by atoms with Crippen LogP contribution in [0.5, 0.6) is 0 Å². The quantitative estimate of drug-likeness (QED) is 0.0215. The number of hydrogen-bond acceptors (Lipinski definition) is 10. The number of hydrogen-bond donors (Lipinski definition) is 8. The molecule has 0 aromatic rings. The van der Waals surface area contributed by atoms with Crippen molar-refractivity contribution in [1.82, 2.24) is 5.32 Å². The van der Waals surface area contributed by atoms with Gasteiger partial charge in [0.2, 0.25) is 5.91 Å². The van der Waals surface area contributed by atoms with E-state index in [1.807, 2.05) is 0 Å². The van der Waals surface area contributed by atoms with Crippen LogP contribution in [0.2, 0.25) is 0 Å². The maximum atomic E-state index is 13.2. The lowest BCUT2D eigenvalue weighted by atomic mass is 9.98. The Morgan fingerprint density at radius 2 is 0.875 bits per heavy atom. The van der Waals surface area contributed by atoms with Crippen LogP contribution < -0.4 is 5.32 Å². The normalized spacial score (nSPS) is 20.4. The highest BCUT2D eigenvalue weighted by Crippen LogP contribution is 2.23. The second kappa shape index (κ2) is 49.9. The Labute approximate surface area is 440 Å². The largest absolute Gasteiger partial charge is 0.394 e. The van der Waals surface area contributed by atoms with Crippen LogP contribution in [-0.4, -0.2) is 110 Å². The number of unbranched alkanes of at least 4 members (excludes halogenated alkanes) is 31. The van der Waals surface area contributed by atoms with Gasteiger partial charge in [-0.3, -0.25) is 4.79 Å². The number of allylic oxidation sites excluding steroid dienone is 8. The van der Waals surface area contributed by atoms with E-state index < -0.39 is 74.2 Å². The first-order chi connectivity index (χ1) is 35.2. The van der Waals surface area contributed by atoms with Gasteiger partial charge in [0.15, 0.2) is 6.29 Å². The van der Waals surface area contributed by atoms with Crippen LogP contribution in [0, 0.1) is 0 Å². The van der Waals surface area contributed by atoms with Crippen LogP contribution in [0.15, 0.2) is 48.6 Å². The molecule has 1 aliphatic rings. The minimum Gasteiger partial charge on any atom is -0.394 e. The van der Waals surface area contributed by atoms with Crippen molar-refractivity contribution < 1.29 is 50.0 Å². The van der Waals surface area contributed by atoms with Crippen LogP contribution in [0.4, 0.5) is 0 Å². The maximum absolute atomic E-state index is 13.2. The van der Waals surface area contributed by atoms with Crippen molar-refractivity contribution in [2.75, 3.05) is 13.2 Å². The van der Waals surface area contributed by atoms with Gasteiger partial charge >= 0.3 is 0 Å². The number of rotatable bonds is 51. The minimum absolute atomic E-state index is 0.245. The third-order valence-electron chi connectivity index (χ3n) is 14.3.